The molecule has 0 atom stereocenters. The smallest absolute Gasteiger partial charge is 0.316 e. The Bertz CT molecular complexity index is 1320. The Morgan fingerprint density at radius 3 is 2.71 bits per heavy atom. The second-order valence-electron chi connectivity index (χ2n) is 6.91. The van der Waals surface area contributed by atoms with Crippen molar-refractivity contribution in [3.8, 4) is 17.3 Å². The first-order chi connectivity index (χ1) is 15.1. The first-order valence-corrected chi connectivity index (χ1v) is 9.47. The van der Waals surface area contributed by atoms with Crippen LogP contribution in [-0.4, -0.2) is 39.5 Å². The van der Waals surface area contributed by atoms with Crippen LogP contribution in [0, 0.1) is 11.6 Å². The molecule has 4 heterocycles. The maximum Gasteiger partial charge on any atom is 0.316 e. The first-order valence-electron chi connectivity index (χ1n) is 9.47. The molecular formula is C21H16F2N6O2. The highest BCUT2D eigenvalue weighted by Crippen LogP contribution is 2.39. The Balaban J connectivity index is 1.77. The summed E-state index contributed by atoms with van der Waals surface area (Å²) >= 11 is 0. The van der Waals surface area contributed by atoms with Crippen LogP contribution in [0.4, 0.5) is 20.2 Å². The molecule has 3 aromatic heterocycles. The number of nitrogens with one attached hydrogen (secondary N) is 3. The highest BCUT2D eigenvalue weighted by molar-refractivity contribution is 6.08. The van der Waals surface area contributed by atoms with E-state index in [0.29, 0.717) is 46.5 Å². The summed E-state index contributed by atoms with van der Waals surface area (Å²) in [6.45, 7) is 0.451. The van der Waals surface area contributed by atoms with E-state index in [4.69, 9.17) is 4.74 Å². The molecule has 4 aromatic rings. The predicted molar refractivity (Wildman–Crippen MR) is 109 cm³/mol. The predicted octanol–water partition coefficient (Wildman–Crippen LogP) is 3.34. The number of aromatic amines is 1. The number of pyridine rings is 1. The van der Waals surface area contributed by atoms with Gasteiger partial charge >= 0.3 is 6.01 Å². The first kappa shape index (κ1) is 18.9. The largest absolute Gasteiger partial charge is 0.467 e. The number of halogens is 2. The molecule has 3 N–H and O–H groups in total. The summed E-state index contributed by atoms with van der Waals surface area (Å²) in [7, 11) is 1.45. The zero-order valence-corrected chi connectivity index (χ0v) is 16.3. The molecular weight excluding hydrogens is 406 g/mol. The summed E-state index contributed by atoms with van der Waals surface area (Å²) in [6.07, 6.45) is 3.63. The lowest BCUT2D eigenvalue weighted by atomic mass is 10.0. The number of hydrogen-bond acceptors (Lipinski definition) is 6. The van der Waals surface area contributed by atoms with Crippen LogP contribution in [0.2, 0.25) is 0 Å². The van der Waals surface area contributed by atoms with Crippen molar-refractivity contribution in [2.75, 3.05) is 19.0 Å². The molecule has 0 aliphatic carbocycles. The maximum absolute atomic E-state index is 14.4. The van der Waals surface area contributed by atoms with E-state index in [1.807, 2.05) is 0 Å². The number of para-hydroxylation sites is 1. The average molecular weight is 422 g/mol. The number of carbonyl (C=O) groups is 1. The standard InChI is InChI=1S/C21H16F2N6O2/c1-31-21-26-9-14-16(29-21)10(5-7-24-14)17-19(15-13(27-17)6-8-25-20(15)30)28-18-11(22)3-2-4-12(18)23/h2-5,7,9,27-28H,6,8H2,1H3,(H,25,30). The van der Waals surface area contributed by atoms with Gasteiger partial charge in [0, 0.05) is 30.4 Å². The molecule has 1 aliphatic heterocycles. The minimum absolute atomic E-state index is 0.144. The van der Waals surface area contributed by atoms with Crippen LogP contribution >= 0.6 is 0 Å². The third kappa shape index (κ3) is 3.12. The third-order valence-corrected chi connectivity index (χ3v) is 5.09. The molecule has 8 nitrogen and oxygen atoms in total. The van der Waals surface area contributed by atoms with Crippen LogP contribution in [0.1, 0.15) is 16.1 Å². The van der Waals surface area contributed by atoms with E-state index in [2.05, 4.69) is 30.6 Å². The number of aromatic nitrogens is 4. The summed E-state index contributed by atoms with van der Waals surface area (Å²) in [5.41, 5.74) is 2.85. The van der Waals surface area contributed by atoms with E-state index in [-0.39, 0.29) is 23.3 Å². The van der Waals surface area contributed by atoms with Crippen LogP contribution < -0.4 is 15.4 Å². The van der Waals surface area contributed by atoms with Gasteiger partial charge in [0.15, 0.2) is 0 Å². The molecule has 0 bridgehead atoms. The fraction of sp³-hybridized carbons (Fsp3) is 0.143. The number of H-pyrrole nitrogens is 1. The molecule has 0 spiro atoms. The molecule has 1 aliphatic rings. The number of benzene rings is 1. The van der Waals surface area contributed by atoms with E-state index >= 15 is 0 Å². The van der Waals surface area contributed by atoms with Gasteiger partial charge in [-0.25, -0.2) is 13.8 Å². The summed E-state index contributed by atoms with van der Waals surface area (Å²) < 4.78 is 33.9. The minimum Gasteiger partial charge on any atom is -0.467 e. The second kappa shape index (κ2) is 7.31. The average Bonchev–Trinajstić information content (AvgIpc) is 3.15. The van der Waals surface area contributed by atoms with Crippen LogP contribution in [0.25, 0.3) is 22.3 Å². The lowest BCUT2D eigenvalue weighted by Crippen LogP contribution is -2.31. The fourth-order valence-corrected chi connectivity index (χ4v) is 3.67. The third-order valence-electron chi connectivity index (χ3n) is 5.09. The molecule has 0 fully saturated rings. The van der Waals surface area contributed by atoms with Gasteiger partial charge in [0.1, 0.15) is 28.4 Å². The number of hydrogen-bond donors (Lipinski definition) is 3. The number of carbonyl (C=O) groups excluding carboxylic acids is 1. The molecule has 156 valence electrons. The zero-order valence-electron chi connectivity index (χ0n) is 16.3. The van der Waals surface area contributed by atoms with E-state index in [1.54, 1.807) is 12.3 Å². The van der Waals surface area contributed by atoms with Crippen molar-refractivity contribution in [2.24, 2.45) is 0 Å². The second-order valence-corrected chi connectivity index (χ2v) is 6.91. The van der Waals surface area contributed by atoms with Crippen molar-refractivity contribution in [1.82, 2.24) is 25.3 Å². The van der Waals surface area contributed by atoms with Crippen molar-refractivity contribution in [3.05, 3.63) is 59.6 Å². The molecule has 31 heavy (non-hydrogen) atoms. The molecule has 0 radical (unpaired) electrons. The Hall–Kier alpha value is -4.08. The Morgan fingerprint density at radius 1 is 1.13 bits per heavy atom. The Kier molecular flexibility index (Phi) is 4.46. The number of methoxy groups -OCH3 is 1. The monoisotopic (exact) mass is 422 g/mol. The maximum atomic E-state index is 14.4. The van der Waals surface area contributed by atoms with Crippen LogP contribution in [0.15, 0.2) is 36.7 Å². The number of nitrogens with zero attached hydrogens (tertiary/aromatic N) is 3. The summed E-state index contributed by atoms with van der Waals surface area (Å²) in [6, 6.07) is 5.40. The van der Waals surface area contributed by atoms with Crippen molar-refractivity contribution < 1.29 is 18.3 Å². The number of fused-ring (bicyclic) bond motifs is 2. The topological polar surface area (TPSA) is 105 Å². The zero-order chi connectivity index (χ0) is 21.5. The molecule has 0 unspecified atom stereocenters. The summed E-state index contributed by atoms with van der Waals surface area (Å²) in [4.78, 5) is 28.6. The Labute approximate surface area is 174 Å². The van der Waals surface area contributed by atoms with Gasteiger partial charge < -0.3 is 20.4 Å². The number of ether oxygens (including phenoxy) is 1. The fourth-order valence-electron chi connectivity index (χ4n) is 3.67. The van der Waals surface area contributed by atoms with E-state index in [1.165, 1.54) is 19.4 Å². The van der Waals surface area contributed by atoms with E-state index in [9.17, 15) is 13.6 Å². The van der Waals surface area contributed by atoms with Crippen LogP contribution in [0.3, 0.4) is 0 Å². The van der Waals surface area contributed by atoms with Crippen molar-refractivity contribution in [3.63, 3.8) is 0 Å². The molecule has 1 aromatic carbocycles. The van der Waals surface area contributed by atoms with Gasteiger partial charge in [0.05, 0.1) is 30.3 Å². The van der Waals surface area contributed by atoms with Gasteiger partial charge in [-0.1, -0.05) is 6.07 Å². The molecule has 5 rings (SSSR count). The van der Waals surface area contributed by atoms with Gasteiger partial charge in [-0.3, -0.25) is 9.78 Å². The highest BCUT2D eigenvalue weighted by atomic mass is 19.1. The normalized spacial score (nSPS) is 13.1. The summed E-state index contributed by atoms with van der Waals surface area (Å²) in [5, 5.41) is 5.57. The Morgan fingerprint density at radius 2 is 1.94 bits per heavy atom. The number of anilines is 2. The van der Waals surface area contributed by atoms with Crippen molar-refractivity contribution >= 4 is 28.3 Å². The highest BCUT2D eigenvalue weighted by Gasteiger charge is 2.29. The minimum atomic E-state index is -0.777. The molecule has 1 amide bonds. The van der Waals surface area contributed by atoms with Gasteiger partial charge in [0.25, 0.3) is 5.91 Å². The van der Waals surface area contributed by atoms with Crippen molar-refractivity contribution in [2.45, 2.75) is 6.42 Å². The van der Waals surface area contributed by atoms with E-state index < -0.39 is 11.6 Å². The van der Waals surface area contributed by atoms with Crippen molar-refractivity contribution in [1.29, 1.82) is 0 Å². The van der Waals surface area contributed by atoms with Crippen LogP contribution in [0.5, 0.6) is 6.01 Å². The molecule has 10 heteroatoms. The van der Waals surface area contributed by atoms with Gasteiger partial charge in [-0.05, 0) is 18.2 Å². The molecule has 0 saturated carbocycles. The lowest BCUT2D eigenvalue weighted by Gasteiger charge is -2.16. The summed E-state index contributed by atoms with van der Waals surface area (Å²) in [5.74, 6) is -1.89. The quantitative estimate of drug-likeness (QED) is 0.466. The lowest BCUT2D eigenvalue weighted by molar-refractivity contribution is 0.0947. The molecule has 0 saturated heterocycles. The van der Waals surface area contributed by atoms with E-state index in [0.717, 1.165) is 12.1 Å². The van der Waals surface area contributed by atoms with Gasteiger partial charge in [-0.2, -0.15) is 4.98 Å². The van der Waals surface area contributed by atoms with Crippen LogP contribution in [-0.2, 0) is 6.42 Å². The number of rotatable bonds is 4. The SMILES string of the molecule is COc1ncc2nccc(-c3[nH]c4c(c3Nc3c(F)cccc3F)C(=O)NCC4)c2n1. The number of amides is 1. The van der Waals surface area contributed by atoms with Gasteiger partial charge in [0.2, 0.25) is 0 Å². The van der Waals surface area contributed by atoms with Gasteiger partial charge in [-0.15, -0.1) is 0 Å².